The molecule has 0 saturated carbocycles. The van der Waals surface area contributed by atoms with E-state index >= 15 is 0 Å². The Hall–Kier alpha value is -1.85. The van der Waals surface area contributed by atoms with Crippen molar-refractivity contribution in [3.63, 3.8) is 0 Å². The number of nitrogen functional groups attached to an aromatic ring is 1. The van der Waals surface area contributed by atoms with Crippen molar-refractivity contribution in [1.29, 1.82) is 0 Å². The number of ether oxygens (including phenoxy) is 1. The monoisotopic (exact) mass is 277 g/mol. The van der Waals surface area contributed by atoms with Crippen molar-refractivity contribution in [3.8, 4) is 11.6 Å². The molecule has 0 fully saturated rings. The van der Waals surface area contributed by atoms with Gasteiger partial charge in [0.05, 0.1) is 0 Å². The molecule has 1 aromatic carbocycles. The smallest absolute Gasteiger partial charge is 0.220 e. The van der Waals surface area contributed by atoms with Gasteiger partial charge in [0.1, 0.15) is 16.1 Å². The number of nitrogens with zero attached hydrogens (tertiary/aromatic N) is 2. The summed E-state index contributed by atoms with van der Waals surface area (Å²) in [6.45, 7) is 0. The van der Waals surface area contributed by atoms with Gasteiger partial charge in [-0.3, -0.25) is 0 Å². The van der Waals surface area contributed by atoms with E-state index in [2.05, 4.69) is 9.97 Å². The van der Waals surface area contributed by atoms with Crippen LogP contribution >= 0.6 is 22.9 Å². The summed E-state index contributed by atoms with van der Waals surface area (Å²) in [4.78, 5) is 9.23. The van der Waals surface area contributed by atoms with Crippen LogP contribution in [0.25, 0.3) is 10.3 Å². The standard InChI is InChI=1S/C12H8ClN3OS/c13-7-1-3-8(4-2-7)17-10-6-5-9-11(16-10)18-12(14)15-9/h1-6H,(H2,14,15). The molecule has 0 atom stereocenters. The zero-order valence-corrected chi connectivity index (χ0v) is 10.7. The van der Waals surface area contributed by atoms with Gasteiger partial charge in [0, 0.05) is 11.1 Å². The van der Waals surface area contributed by atoms with Crippen molar-refractivity contribution in [2.45, 2.75) is 0 Å². The van der Waals surface area contributed by atoms with Crippen LogP contribution in [0.2, 0.25) is 5.02 Å². The van der Waals surface area contributed by atoms with Gasteiger partial charge in [-0.1, -0.05) is 22.9 Å². The second kappa shape index (κ2) is 4.44. The molecule has 3 rings (SSSR count). The molecule has 0 bridgehead atoms. The summed E-state index contributed by atoms with van der Waals surface area (Å²) >= 11 is 7.14. The Bertz CT molecular complexity index is 696. The van der Waals surface area contributed by atoms with Crippen molar-refractivity contribution in [2.24, 2.45) is 0 Å². The number of rotatable bonds is 2. The van der Waals surface area contributed by atoms with Gasteiger partial charge in [0.2, 0.25) is 5.88 Å². The molecular formula is C12H8ClN3OS. The molecule has 2 heterocycles. The first-order valence-electron chi connectivity index (χ1n) is 5.17. The fourth-order valence-electron chi connectivity index (χ4n) is 1.50. The normalized spacial score (nSPS) is 10.7. The van der Waals surface area contributed by atoms with Crippen LogP contribution in [0.15, 0.2) is 36.4 Å². The van der Waals surface area contributed by atoms with E-state index in [-0.39, 0.29) is 0 Å². The van der Waals surface area contributed by atoms with Gasteiger partial charge in [0.15, 0.2) is 5.13 Å². The van der Waals surface area contributed by atoms with Crippen LogP contribution in [0, 0.1) is 0 Å². The first-order chi connectivity index (χ1) is 8.70. The maximum absolute atomic E-state index is 5.80. The lowest BCUT2D eigenvalue weighted by atomic mass is 10.3. The molecule has 18 heavy (non-hydrogen) atoms. The van der Waals surface area contributed by atoms with E-state index in [0.29, 0.717) is 21.8 Å². The van der Waals surface area contributed by atoms with Crippen LogP contribution in [0.5, 0.6) is 11.6 Å². The first-order valence-corrected chi connectivity index (χ1v) is 6.37. The topological polar surface area (TPSA) is 61.0 Å². The van der Waals surface area contributed by atoms with Crippen LogP contribution in [0.3, 0.4) is 0 Å². The van der Waals surface area contributed by atoms with Gasteiger partial charge < -0.3 is 10.5 Å². The van der Waals surface area contributed by atoms with Crippen molar-refractivity contribution in [2.75, 3.05) is 5.73 Å². The minimum atomic E-state index is 0.501. The zero-order valence-electron chi connectivity index (χ0n) is 9.13. The Morgan fingerprint density at radius 3 is 2.61 bits per heavy atom. The quantitative estimate of drug-likeness (QED) is 0.775. The first kappa shape index (κ1) is 11.3. The molecule has 0 radical (unpaired) electrons. The molecule has 0 saturated heterocycles. The van der Waals surface area contributed by atoms with Gasteiger partial charge in [-0.25, -0.2) is 9.97 Å². The molecule has 0 unspecified atom stereocenters. The summed E-state index contributed by atoms with van der Waals surface area (Å²) in [5, 5.41) is 1.17. The molecule has 0 spiro atoms. The molecule has 2 N–H and O–H groups in total. The fraction of sp³-hybridized carbons (Fsp3) is 0. The van der Waals surface area contributed by atoms with Crippen LogP contribution in [-0.4, -0.2) is 9.97 Å². The highest BCUT2D eigenvalue weighted by Crippen LogP contribution is 2.27. The predicted octanol–water partition coefficient (Wildman–Crippen LogP) is 3.72. The van der Waals surface area contributed by atoms with Crippen molar-refractivity contribution >= 4 is 38.4 Å². The van der Waals surface area contributed by atoms with Crippen molar-refractivity contribution in [3.05, 3.63) is 41.4 Å². The van der Waals surface area contributed by atoms with E-state index in [1.165, 1.54) is 11.3 Å². The number of hydrogen-bond donors (Lipinski definition) is 1. The lowest BCUT2D eigenvalue weighted by molar-refractivity contribution is 0.465. The molecule has 2 aromatic heterocycles. The van der Waals surface area contributed by atoms with Gasteiger partial charge >= 0.3 is 0 Å². The maximum atomic E-state index is 5.80. The van der Waals surface area contributed by atoms with E-state index in [1.807, 2.05) is 6.07 Å². The number of anilines is 1. The summed E-state index contributed by atoms with van der Waals surface area (Å²) in [6, 6.07) is 10.7. The Morgan fingerprint density at radius 1 is 1.06 bits per heavy atom. The number of thiazole rings is 1. The van der Waals surface area contributed by atoms with Crippen LogP contribution in [0.4, 0.5) is 5.13 Å². The summed E-state index contributed by atoms with van der Waals surface area (Å²) in [5.41, 5.74) is 6.40. The summed E-state index contributed by atoms with van der Waals surface area (Å²) in [7, 11) is 0. The SMILES string of the molecule is Nc1nc2ccc(Oc3ccc(Cl)cc3)nc2s1. The lowest BCUT2D eigenvalue weighted by Crippen LogP contribution is -1.87. The molecule has 0 aliphatic heterocycles. The Morgan fingerprint density at radius 2 is 1.83 bits per heavy atom. The van der Waals surface area contributed by atoms with E-state index < -0.39 is 0 Å². The molecular weight excluding hydrogens is 270 g/mol. The zero-order chi connectivity index (χ0) is 12.5. The molecule has 0 aliphatic carbocycles. The summed E-state index contributed by atoms with van der Waals surface area (Å²) in [5.74, 6) is 1.19. The average Bonchev–Trinajstić information content (AvgIpc) is 2.71. The Kier molecular flexibility index (Phi) is 2.77. The minimum absolute atomic E-state index is 0.501. The maximum Gasteiger partial charge on any atom is 0.220 e. The van der Waals surface area contributed by atoms with Crippen LogP contribution in [-0.2, 0) is 0 Å². The van der Waals surface area contributed by atoms with E-state index in [0.717, 1.165) is 10.3 Å². The average molecular weight is 278 g/mol. The molecule has 6 heteroatoms. The van der Waals surface area contributed by atoms with E-state index in [4.69, 9.17) is 22.1 Å². The third kappa shape index (κ3) is 2.23. The Labute approximate surface area is 112 Å². The highest BCUT2D eigenvalue weighted by molar-refractivity contribution is 7.21. The molecule has 4 nitrogen and oxygen atoms in total. The second-order valence-electron chi connectivity index (χ2n) is 3.58. The number of hydrogen-bond acceptors (Lipinski definition) is 5. The second-order valence-corrected chi connectivity index (χ2v) is 5.03. The van der Waals surface area contributed by atoms with Gasteiger partial charge in [-0.15, -0.1) is 0 Å². The summed E-state index contributed by atoms with van der Waals surface area (Å²) < 4.78 is 5.62. The number of fused-ring (bicyclic) bond motifs is 1. The highest BCUT2D eigenvalue weighted by atomic mass is 35.5. The minimum Gasteiger partial charge on any atom is -0.439 e. The third-order valence-corrected chi connectivity index (χ3v) is 3.33. The van der Waals surface area contributed by atoms with Crippen molar-refractivity contribution < 1.29 is 4.74 Å². The van der Waals surface area contributed by atoms with E-state index in [1.54, 1.807) is 30.3 Å². The summed E-state index contributed by atoms with van der Waals surface area (Å²) in [6.07, 6.45) is 0. The molecule has 0 amide bonds. The number of aromatic nitrogens is 2. The lowest BCUT2D eigenvalue weighted by Gasteiger charge is -2.03. The van der Waals surface area contributed by atoms with Crippen molar-refractivity contribution in [1.82, 2.24) is 9.97 Å². The third-order valence-electron chi connectivity index (χ3n) is 2.28. The molecule has 90 valence electrons. The van der Waals surface area contributed by atoms with Crippen LogP contribution in [0.1, 0.15) is 0 Å². The molecule has 0 aliphatic rings. The Balaban J connectivity index is 1.92. The van der Waals surface area contributed by atoms with Gasteiger partial charge in [-0.05, 0) is 30.3 Å². The van der Waals surface area contributed by atoms with Gasteiger partial charge in [0.25, 0.3) is 0 Å². The predicted molar refractivity (Wildman–Crippen MR) is 73.4 cm³/mol. The molecule has 3 aromatic rings. The number of benzene rings is 1. The fourth-order valence-corrected chi connectivity index (χ4v) is 2.32. The largest absolute Gasteiger partial charge is 0.439 e. The highest BCUT2D eigenvalue weighted by Gasteiger charge is 2.05. The van der Waals surface area contributed by atoms with Gasteiger partial charge in [-0.2, -0.15) is 0 Å². The number of nitrogens with two attached hydrogens (primary N) is 1. The van der Waals surface area contributed by atoms with Crippen LogP contribution < -0.4 is 10.5 Å². The number of halogens is 1. The van der Waals surface area contributed by atoms with E-state index in [9.17, 15) is 0 Å². The number of pyridine rings is 1.